The van der Waals surface area contributed by atoms with Crippen LogP contribution in [0.15, 0.2) is 0 Å². The number of methoxy groups -OCH3 is 2. The van der Waals surface area contributed by atoms with E-state index in [1.807, 2.05) is 6.92 Å². The van der Waals surface area contributed by atoms with Crippen LogP contribution in [0.5, 0.6) is 0 Å². The normalized spacial score (nSPS) is 12.0. The number of carbonyl (C=O) groups is 2. The third kappa shape index (κ3) is 4.26. The summed E-state index contributed by atoms with van der Waals surface area (Å²) < 4.78 is 36.0. The maximum absolute atomic E-state index is 11.7. The molecule has 0 saturated carbocycles. The number of hydrogen-bond donors (Lipinski definition) is 0. The van der Waals surface area contributed by atoms with E-state index in [2.05, 4.69) is 13.7 Å². The van der Waals surface area contributed by atoms with Crippen molar-refractivity contribution in [3.8, 4) is 0 Å². The third-order valence-corrected chi connectivity index (χ3v) is 2.79. The van der Waals surface area contributed by atoms with Gasteiger partial charge >= 0.3 is 11.9 Å². The second-order valence-electron chi connectivity index (χ2n) is 3.70. The first-order valence-corrected chi connectivity index (χ1v) is 7.12. The van der Waals surface area contributed by atoms with Gasteiger partial charge < -0.3 is 9.47 Å². The van der Waals surface area contributed by atoms with Crippen molar-refractivity contribution in [2.45, 2.75) is 31.8 Å². The van der Waals surface area contributed by atoms with E-state index in [1.54, 1.807) is 0 Å². The van der Waals surface area contributed by atoms with E-state index in [4.69, 9.17) is 0 Å². The molecular weight excluding hydrogens is 264 g/mol. The molecule has 7 nitrogen and oxygen atoms in total. The lowest BCUT2D eigenvalue weighted by molar-refractivity contribution is -0.177. The molecule has 0 heterocycles. The van der Waals surface area contributed by atoms with Crippen LogP contribution in [0, 0.1) is 0 Å². The molecule has 8 heteroatoms. The van der Waals surface area contributed by atoms with Gasteiger partial charge in [-0.25, -0.2) is 13.8 Å². The molecule has 18 heavy (non-hydrogen) atoms. The fourth-order valence-electron chi connectivity index (χ4n) is 1.41. The van der Waals surface area contributed by atoms with Gasteiger partial charge in [0, 0.05) is 0 Å². The van der Waals surface area contributed by atoms with E-state index in [1.165, 1.54) is 0 Å². The van der Waals surface area contributed by atoms with Crippen LogP contribution in [0.1, 0.15) is 26.2 Å². The number of hydrogen-bond acceptors (Lipinski definition) is 7. The predicted octanol–water partition coefficient (Wildman–Crippen LogP) is 0.238. The van der Waals surface area contributed by atoms with Crippen LogP contribution in [0.3, 0.4) is 0 Å². The van der Waals surface area contributed by atoms with Gasteiger partial charge in [0.25, 0.3) is 15.7 Å². The standard InChI is InChI=1S/C10H18O7S/c1-5-6-7-10(8(11)15-2,9(12)16-3)17-18(4,13)14/h5-7H2,1-4H3. The van der Waals surface area contributed by atoms with Gasteiger partial charge in [-0.3, -0.25) is 0 Å². The largest absolute Gasteiger partial charge is 0.466 e. The lowest BCUT2D eigenvalue weighted by Gasteiger charge is -2.26. The van der Waals surface area contributed by atoms with Crippen LogP contribution < -0.4 is 0 Å². The van der Waals surface area contributed by atoms with E-state index >= 15 is 0 Å². The molecule has 0 N–H and O–H groups in total. The Labute approximate surface area is 107 Å². The van der Waals surface area contributed by atoms with Crippen LogP contribution in [-0.2, 0) is 33.4 Å². The molecule has 0 fully saturated rings. The number of ether oxygens (including phenoxy) is 2. The second-order valence-corrected chi connectivity index (χ2v) is 5.28. The Kier molecular flexibility index (Phi) is 6.27. The second kappa shape index (κ2) is 6.69. The predicted molar refractivity (Wildman–Crippen MR) is 62.2 cm³/mol. The summed E-state index contributed by atoms with van der Waals surface area (Å²) in [5, 5.41) is 0. The Hall–Kier alpha value is -1.15. The molecule has 0 saturated heterocycles. The summed E-state index contributed by atoms with van der Waals surface area (Å²) in [5.74, 6) is -2.18. The average molecular weight is 282 g/mol. The highest BCUT2D eigenvalue weighted by Crippen LogP contribution is 2.25. The summed E-state index contributed by atoms with van der Waals surface area (Å²) in [6, 6.07) is 0. The first-order valence-electron chi connectivity index (χ1n) is 5.31. The lowest BCUT2D eigenvalue weighted by Crippen LogP contribution is -2.51. The highest BCUT2D eigenvalue weighted by molar-refractivity contribution is 7.86. The minimum atomic E-state index is -4.02. The van der Waals surface area contributed by atoms with Gasteiger partial charge in [0.2, 0.25) is 0 Å². The zero-order valence-electron chi connectivity index (χ0n) is 10.9. The zero-order valence-corrected chi connectivity index (χ0v) is 11.7. The molecule has 0 aliphatic rings. The first kappa shape index (κ1) is 16.9. The van der Waals surface area contributed by atoms with Crippen molar-refractivity contribution in [2.75, 3.05) is 20.5 Å². The Morgan fingerprint density at radius 3 is 1.83 bits per heavy atom. The van der Waals surface area contributed by atoms with E-state index < -0.39 is 27.7 Å². The topological polar surface area (TPSA) is 96.0 Å². The maximum atomic E-state index is 11.7. The molecule has 0 aliphatic heterocycles. The summed E-state index contributed by atoms with van der Waals surface area (Å²) in [4.78, 5) is 23.4. The SMILES string of the molecule is CCCCC(OS(C)(=O)=O)(C(=O)OC)C(=O)OC. The third-order valence-electron chi connectivity index (χ3n) is 2.21. The summed E-state index contributed by atoms with van der Waals surface area (Å²) >= 11 is 0. The van der Waals surface area contributed by atoms with Crippen molar-refractivity contribution >= 4 is 22.1 Å². The van der Waals surface area contributed by atoms with Gasteiger partial charge in [0.05, 0.1) is 20.5 Å². The van der Waals surface area contributed by atoms with Gasteiger partial charge in [-0.05, 0) is 12.8 Å². The van der Waals surface area contributed by atoms with Crippen LogP contribution in [0.2, 0.25) is 0 Å². The highest BCUT2D eigenvalue weighted by atomic mass is 32.2. The lowest BCUT2D eigenvalue weighted by atomic mass is 9.97. The summed E-state index contributed by atoms with van der Waals surface area (Å²) in [5.41, 5.74) is -2.26. The van der Waals surface area contributed by atoms with E-state index in [0.717, 1.165) is 20.5 Å². The monoisotopic (exact) mass is 282 g/mol. The molecule has 0 aromatic rings. The van der Waals surface area contributed by atoms with Gasteiger partial charge in [0.15, 0.2) is 0 Å². The molecule has 0 aromatic carbocycles. The molecule has 0 atom stereocenters. The minimum absolute atomic E-state index is 0.129. The number of unbranched alkanes of at least 4 members (excludes halogenated alkanes) is 1. The molecule has 0 spiro atoms. The smallest absolute Gasteiger partial charge is 0.351 e. The molecule has 0 unspecified atom stereocenters. The number of esters is 2. The van der Waals surface area contributed by atoms with Crippen molar-refractivity contribution in [1.29, 1.82) is 0 Å². The fourth-order valence-corrected chi connectivity index (χ4v) is 2.15. The molecule has 0 bridgehead atoms. The molecular formula is C10H18O7S. The van der Waals surface area contributed by atoms with E-state index in [0.29, 0.717) is 12.8 Å². The van der Waals surface area contributed by atoms with E-state index in [9.17, 15) is 18.0 Å². The van der Waals surface area contributed by atoms with E-state index in [-0.39, 0.29) is 6.42 Å². The van der Waals surface area contributed by atoms with Crippen molar-refractivity contribution in [3.05, 3.63) is 0 Å². The molecule has 0 amide bonds. The quantitative estimate of drug-likeness (QED) is 0.375. The summed E-state index contributed by atoms with van der Waals surface area (Å²) in [7, 11) is -1.95. The molecule has 0 rings (SSSR count). The Morgan fingerprint density at radius 1 is 1.11 bits per heavy atom. The Bertz CT molecular complexity index is 382. The van der Waals surface area contributed by atoms with Crippen LogP contribution in [0.4, 0.5) is 0 Å². The Morgan fingerprint density at radius 2 is 1.56 bits per heavy atom. The van der Waals surface area contributed by atoms with Crippen LogP contribution in [0.25, 0.3) is 0 Å². The number of rotatable bonds is 7. The van der Waals surface area contributed by atoms with Gasteiger partial charge in [-0.15, -0.1) is 0 Å². The number of carbonyl (C=O) groups excluding carboxylic acids is 2. The van der Waals surface area contributed by atoms with Crippen molar-refractivity contribution < 1.29 is 31.7 Å². The fraction of sp³-hybridized carbons (Fsp3) is 0.800. The maximum Gasteiger partial charge on any atom is 0.351 e. The minimum Gasteiger partial charge on any atom is -0.466 e. The van der Waals surface area contributed by atoms with Crippen molar-refractivity contribution in [2.24, 2.45) is 0 Å². The van der Waals surface area contributed by atoms with Crippen LogP contribution >= 0.6 is 0 Å². The summed E-state index contributed by atoms with van der Waals surface area (Å²) in [6.45, 7) is 1.82. The molecule has 0 aliphatic carbocycles. The van der Waals surface area contributed by atoms with Crippen LogP contribution in [-0.4, -0.2) is 46.4 Å². The molecule has 106 valence electrons. The highest BCUT2D eigenvalue weighted by Gasteiger charge is 2.52. The molecule has 0 radical (unpaired) electrons. The van der Waals surface area contributed by atoms with Crippen molar-refractivity contribution in [1.82, 2.24) is 0 Å². The van der Waals surface area contributed by atoms with Crippen molar-refractivity contribution in [3.63, 3.8) is 0 Å². The van der Waals surface area contributed by atoms with Gasteiger partial charge in [-0.2, -0.15) is 8.42 Å². The summed E-state index contributed by atoms with van der Waals surface area (Å²) in [6.07, 6.45) is 1.66. The molecule has 0 aromatic heterocycles. The average Bonchev–Trinajstić information content (AvgIpc) is 2.30. The first-order chi connectivity index (χ1) is 8.23. The zero-order chi connectivity index (χ0) is 14.4. The van der Waals surface area contributed by atoms with Gasteiger partial charge in [0.1, 0.15) is 0 Å². The van der Waals surface area contributed by atoms with Gasteiger partial charge in [-0.1, -0.05) is 13.3 Å². The Balaban J connectivity index is 5.53.